The largest absolute Gasteiger partial charge is 0.338 e. The Morgan fingerprint density at radius 2 is 2.25 bits per heavy atom. The number of amides is 1. The molecule has 1 heterocycles. The number of halogens is 2. The van der Waals surface area contributed by atoms with Gasteiger partial charge in [0.1, 0.15) is 5.82 Å². The molecule has 2 rings (SSSR count). The van der Waals surface area contributed by atoms with Gasteiger partial charge in [0.05, 0.1) is 5.56 Å². The van der Waals surface area contributed by atoms with Crippen molar-refractivity contribution in [2.75, 3.05) is 13.1 Å². The third-order valence-electron chi connectivity index (χ3n) is 2.98. The molecule has 0 N–H and O–H groups in total. The fourth-order valence-electron chi connectivity index (χ4n) is 1.83. The van der Waals surface area contributed by atoms with Crippen molar-refractivity contribution < 1.29 is 9.18 Å². The number of benzene rings is 1. The lowest BCUT2D eigenvalue weighted by molar-refractivity contribution is 0.0490. The number of hydrogen-bond donors (Lipinski definition) is 0. The molecule has 1 aromatic rings. The number of likely N-dealkylation sites (tertiary alicyclic amines) is 1. The first-order valence-corrected chi connectivity index (χ1v) is 5.74. The fourth-order valence-corrected chi connectivity index (χ4v) is 2.00. The molecule has 16 heavy (non-hydrogen) atoms. The summed E-state index contributed by atoms with van der Waals surface area (Å²) >= 11 is 5.75. The van der Waals surface area contributed by atoms with Crippen molar-refractivity contribution in [2.45, 2.75) is 13.3 Å². The van der Waals surface area contributed by atoms with Crippen molar-refractivity contribution in [3.05, 3.63) is 34.6 Å². The van der Waals surface area contributed by atoms with E-state index in [9.17, 15) is 9.18 Å². The second kappa shape index (κ2) is 4.42. The number of rotatable bonds is 2. The summed E-state index contributed by atoms with van der Waals surface area (Å²) in [5, 5.41) is 0.386. The molecule has 4 heteroatoms. The van der Waals surface area contributed by atoms with Crippen LogP contribution in [0.1, 0.15) is 23.7 Å². The molecule has 1 fully saturated rings. The van der Waals surface area contributed by atoms with Crippen molar-refractivity contribution in [1.29, 1.82) is 0 Å². The van der Waals surface area contributed by atoms with Crippen LogP contribution in [-0.4, -0.2) is 23.9 Å². The van der Waals surface area contributed by atoms with Crippen molar-refractivity contribution in [2.24, 2.45) is 5.92 Å². The van der Waals surface area contributed by atoms with Crippen molar-refractivity contribution in [3.8, 4) is 0 Å². The third-order valence-corrected chi connectivity index (χ3v) is 3.22. The normalized spacial score (nSPS) is 16.1. The Bertz CT molecular complexity index is 415. The van der Waals surface area contributed by atoms with Gasteiger partial charge in [0.25, 0.3) is 5.91 Å². The van der Waals surface area contributed by atoms with E-state index in [-0.39, 0.29) is 11.5 Å². The van der Waals surface area contributed by atoms with E-state index in [1.54, 1.807) is 4.90 Å². The highest BCUT2D eigenvalue weighted by Gasteiger charge is 2.30. The van der Waals surface area contributed by atoms with Crippen molar-refractivity contribution in [1.82, 2.24) is 4.90 Å². The summed E-state index contributed by atoms with van der Waals surface area (Å²) in [5.41, 5.74) is 0.0713. The van der Waals surface area contributed by atoms with E-state index < -0.39 is 5.82 Å². The first-order chi connectivity index (χ1) is 7.61. The Morgan fingerprint density at radius 3 is 2.88 bits per heavy atom. The van der Waals surface area contributed by atoms with E-state index in [1.165, 1.54) is 18.2 Å². The average Bonchev–Trinajstić information content (AvgIpc) is 2.20. The SMILES string of the molecule is CCC1CN(C(=O)c2cc(Cl)ccc2F)C1. The van der Waals surface area contributed by atoms with Gasteiger partial charge in [0.2, 0.25) is 0 Å². The molecule has 0 saturated carbocycles. The summed E-state index contributed by atoms with van der Waals surface area (Å²) in [6.07, 6.45) is 1.06. The summed E-state index contributed by atoms with van der Waals surface area (Å²) in [4.78, 5) is 13.5. The maximum absolute atomic E-state index is 13.4. The van der Waals surface area contributed by atoms with Gasteiger partial charge < -0.3 is 4.90 Å². The van der Waals surface area contributed by atoms with Crippen LogP contribution in [-0.2, 0) is 0 Å². The lowest BCUT2D eigenvalue weighted by atomic mass is 9.96. The quantitative estimate of drug-likeness (QED) is 0.780. The van der Waals surface area contributed by atoms with Crippen molar-refractivity contribution in [3.63, 3.8) is 0 Å². The van der Waals surface area contributed by atoms with Gasteiger partial charge >= 0.3 is 0 Å². The molecule has 0 spiro atoms. The first kappa shape index (κ1) is 11.4. The van der Waals surface area contributed by atoms with Gasteiger partial charge in [-0.2, -0.15) is 0 Å². The van der Waals surface area contributed by atoms with Gasteiger partial charge in [0, 0.05) is 18.1 Å². The zero-order chi connectivity index (χ0) is 11.7. The summed E-state index contributed by atoms with van der Waals surface area (Å²) in [7, 11) is 0. The van der Waals surface area contributed by atoms with Gasteiger partial charge in [0.15, 0.2) is 0 Å². The molecule has 0 radical (unpaired) electrons. The summed E-state index contributed by atoms with van der Waals surface area (Å²) in [6.45, 7) is 3.54. The molecule has 1 amide bonds. The Morgan fingerprint density at radius 1 is 1.56 bits per heavy atom. The monoisotopic (exact) mass is 241 g/mol. The Hall–Kier alpha value is -1.09. The Labute approximate surface area is 99.0 Å². The summed E-state index contributed by atoms with van der Waals surface area (Å²) in [6, 6.07) is 4.06. The van der Waals surface area contributed by atoms with Gasteiger partial charge in [-0.15, -0.1) is 0 Å². The number of carbonyl (C=O) groups is 1. The predicted molar refractivity (Wildman–Crippen MR) is 61.1 cm³/mol. The molecule has 1 aliphatic heterocycles. The molecule has 0 unspecified atom stereocenters. The molecular weight excluding hydrogens is 229 g/mol. The molecule has 0 bridgehead atoms. The number of carbonyl (C=O) groups excluding carboxylic acids is 1. The molecule has 1 aromatic carbocycles. The second-order valence-corrected chi connectivity index (χ2v) is 4.55. The standard InChI is InChI=1S/C12H13ClFNO/c1-2-8-6-15(7-8)12(16)10-5-9(13)3-4-11(10)14/h3-5,8H,2,6-7H2,1H3. The van der Waals surface area contributed by atoms with Gasteiger partial charge in [-0.25, -0.2) is 4.39 Å². The van der Waals surface area contributed by atoms with Crippen LogP contribution in [0.4, 0.5) is 4.39 Å². The van der Waals surface area contributed by atoms with E-state index in [0.717, 1.165) is 19.5 Å². The predicted octanol–water partition coefficient (Wildman–Crippen LogP) is 2.96. The topological polar surface area (TPSA) is 20.3 Å². The number of hydrogen-bond acceptors (Lipinski definition) is 1. The lowest BCUT2D eigenvalue weighted by Crippen LogP contribution is -2.49. The van der Waals surface area contributed by atoms with Crippen molar-refractivity contribution >= 4 is 17.5 Å². The van der Waals surface area contributed by atoms with Gasteiger partial charge in [-0.1, -0.05) is 18.5 Å². The summed E-state index contributed by atoms with van der Waals surface area (Å²) < 4.78 is 13.4. The van der Waals surface area contributed by atoms with Crippen LogP contribution >= 0.6 is 11.6 Å². The van der Waals surface area contributed by atoms with Crippen LogP contribution in [0.15, 0.2) is 18.2 Å². The molecule has 0 aliphatic carbocycles. The minimum Gasteiger partial charge on any atom is -0.338 e. The minimum atomic E-state index is -0.505. The molecule has 1 aliphatic rings. The highest BCUT2D eigenvalue weighted by molar-refractivity contribution is 6.31. The Kier molecular flexibility index (Phi) is 3.15. The highest BCUT2D eigenvalue weighted by Crippen LogP contribution is 2.23. The lowest BCUT2D eigenvalue weighted by Gasteiger charge is -2.38. The fraction of sp³-hybridized carbons (Fsp3) is 0.417. The molecule has 2 nitrogen and oxygen atoms in total. The smallest absolute Gasteiger partial charge is 0.256 e. The second-order valence-electron chi connectivity index (χ2n) is 4.11. The average molecular weight is 242 g/mol. The molecule has 0 atom stereocenters. The zero-order valence-corrected chi connectivity index (χ0v) is 9.80. The molecule has 0 aromatic heterocycles. The van der Waals surface area contributed by atoms with Gasteiger partial charge in [-0.05, 0) is 30.5 Å². The summed E-state index contributed by atoms with van der Waals surface area (Å²) in [5.74, 6) is -0.203. The molecular formula is C12H13ClFNO. The van der Waals surface area contributed by atoms with Gasteiger partial charge in [-0.3, -0.25) is 4.79 Å². The van der Waals surface area contributed by atoms with E-state index in [1.807, 2.05) is 0 Å². The Balaban J connectivity index is 2.13. The van der Waals surface area contributed by atoms with E-state index >= 15 is 0 Å². The maximum atomic E-state index is 13.4. The van der Waals surface area contributed by atoms with Crippen LogP contribution < -0.4 is 0 Å². The maximum Gasteiger partial charge on any atom is 0.256 e. The zero-order valence-electron chi connectivity index (χ0n) is 9.04. The van der Waals surface area contributed by atoms with Crippen LogP contribution in [0.25, 0.3) is 0 Å². The van der Waals surface area contributed by atoms with E-state index in [2.05, 4.69) is 6.92 Å². The third kappa shape index (κ3) is 2.05. The van der Waals surface area contributed by atoms with E-state index in [0.29, 0.717) is 10.9 Å². The van der Waals surface area contributed by atoms with Crippen LogP contribution in [0.3, 0.4) is 0 Å². The number of nitrogens with zero attached hydrogens (tertiary/aromatic N) is 1. The highest BCUT2D eigenvalue weighted by atomic mass is 35.5. The van der Waals surface area contributed by atoms with Crippen LogP contribution in [0.5, 0.6) is 0 Å². The molecule has 1 saturated heterocycles. The molecule has 86 valence electrons. The van der Waals surface area contributed by atoms with Crippen LogP contribution in [0, 0.1) is 11.7 Å². The van der Waals surface area contributed by atoms with E-state index in [4.69, 9.17) is 11.6 Å². The van der Waals surface area contributed by atoms with Crippen LogP contribution in [0.2, 0.25) is 5.02 Å². The first-order valence-electron chi connectivity index (χ1n) is 5.36. The minimum absolute atomic E-state index is 0.0713.